The van der Waals surface area contributed by atoms with Crippen LogP contribution in [0.25, 0.3) is 0 Å². The largest absolute Gasteiger partial charge is 0.465 e. The summed E-state index contributed by atoms with van der Waals surface area (Å²) in [6, 6.07) is 0. The van der Waals surface area contributed by atoms with Crippen LogP contribution in [-0.4, -0.2) is 32.5 Å². The molecular weight excluding hydrogens is 168 g/mol. The quantitative estimate of drug-likeness (QED) is 0.571. The van der Waals surface area contributed by atoms with Gasteiger partial charge in [-0.25, -0.2) is 8.42 Å². The summed E-state index contributed by atoms with van der Waals surface area (Å²) in [5.41, 5.74) is 0. The maximum atomic E-state index is 10.8. The molecule has 66 valence electrons. The molecule has 0 amide bonds. The average Bonchev–Trinajstić information content (AvgIpc) is 1.87. The highest BCUT2D eigenvalue weighted by atomic mass is 32.2. The first kappa shape index (κ1) is 10.4. The van der Waals surface area contributed by atoms with Crippen LogP contribution in [0.2, 0.25) is 0 Å². The maximum Gasteiger partial charge on any atom is 0.321 e. The summed E-state index contributed by atoms with van der Waals surface area (Å²) in [6.07, 6.45) is 0. The molecule has 0 aromatic heterocycles. The van der Waals surface area contributed by atoms with Crippen LogP contribution < -0.4 is 0 Å². The Bertz CT molecular complexity index is 217. The van der Waals surface area contributed by atoms with Gasteiger partial charge in [0, 0.05) is 5.75 Å². The Morgan fingerprint density at radius 1 is 1.36 bits per heavy atom. The number of rotatable bonds is 4. The zero-order chi connectivity index (χ0) is 8.91. The van der Waals surface area contributed by atoms with Crippen molar-refractivity contribution >= 4 is 15.8 Å². The van der Waals surface area contributed by atoms with Crippen LogP contribution in [0.4, 0.5) is 0 Å². The summed E-state index contributed by atoms with van der Waals surface area (Å²) in [4.78, 5) is 10.6. The van der Waals surface area contributed by atoms with Gasteiger partial charge in [0.25, 0.3) is 0 Å². The van der Waals surface area contributed by atoms with Gasteiger partial charge in [-0.05, 0) is 6.92 Å². The molecule has 5 heteroatoms. The highest BCUT2D eigenvalue weighted by Crippen LogP contribution is 1.90. The number of hydrogen-bond acceptors (Lipinski definition) is 4. The highest BCUT2D eigenvalue weighted by Gasteiger charge is 2.14. The summed E-state index contributed by atoms with van der Waals surface area (Å²) in [5.74, 6) is -1.20. The second-order valence-electron chi connectivity index (χ2n) is 1.98. The first-order valence-electron chi connectivity index (χ1n) is 3.38. The van der Waals surface area contributed by atoms with Gasteiger partial charge in [-0.15, -0.1) is 0 Å². The van der Waals surface area contributed by atoms with Crippen molar-refractivity contribution in [3.8, 4) is 0 Å². The number of hydrogen-bond donors (Lipinski definition) is 0. The van der Waals surface area contributed by atoms with E-state index in [0.29, 0.717) is 0 Å². The first-order valence-corrected chi connectivity index (χ1v) is 5.20. The van der Waals surface area contributed by atoms with Crippen LogP contribution in [0.1, 0.15) is 13.8 Å². The Morgan fingerprint density at radius 2 is 1.91 bits per heavy atom. The molecule has 0 aromatic carbocycles. The minimum absolute atomic E-state index is 0.0220. The van der Waals surface area contributed by atoms with Crippen LogP contribution in [0, 0.1) is 0 Å². The molecule has 0 atom stereocenters. The summed E-state index contributed by atoms with van der Waals surface area (Å²) < 4.78 is 26.0. The summed E-state index contributed by atoms with van der Waals surface area (Å²) in [7, 11) is -3.22. The van der Waals surface area contributed by atoms with Crippen molar-refractivity contribution in [2.75, 3.05) is 18.1 Å². The lowest BCUT2D eigenvalue weighted by atomic mass is 10.8. The number of sulfone groups is 1. The van der Waals surface area contributed by atoms with Gasteiger partial charge in [-0.1, -0.05) is 6.92 Å². The normalized spacial score (nSPS) is 11.1. The molecule has 0 saturated carbocycles. The zero-order valence-electron chi connectivity index (χ0n) is 6.66. The molecule has 0 spiro atoms. The van der Waals surface area contributed by atoms with E-state index in [4.69, 9.17) is 0 Å². The fourth-order valence-electron chi connectivity index (χ4n) is 0.484. The lowest BCUT2D eigenvalue weighted by molar-refractivity contribution is -0.139. The predicted molar refractivity (Wildman–Crippen MR) is 41.0 cm³/mol. The number of esters is 1. The van der Waals surface area contributed by atoms with Crippen molar-refractivity contribution < 1.29 is 17.9 Å². The smallest absolute Gasteiger partial charge is 0.321 e. The maximum absolute atomic E-state index is 10.8. The second kappa shape index (κ2) is 4.33. The van der Waals surface area contributed by atoms with Crippen molar-refractivity contribution in [3.63, 3.8) is 0 Å². The molecule has 4 nitrogen and oxygen atoms in total. The standard InChI is InChI=1S/C6H12O4S/c1-3-10-6(7)5-11(8,9)4-2/h3-5H2,1-2H3. The van der Waals surface area contributed by atoms with Crippen molar-refractivity contribution in [1.29, 1.82) is 0 Å². The van der Waals surface area contributed by atoms with E-state index in [9.17, 15) is 13.2 Å². The van der Waals surface area contributed by atoms with Crippen molar-refractivity contribution in [1.82, 2.24) is 0 Å². The van der Waals surface area contributed by atoms with Gasteiger partial charge < -0.3 is 4.74 Å². The molecule has 0 aliphatic heterocycles. The minimum Gasteiger partial charge on any atom is -0.465 e. The molecule has 0 unspecified atom stereocenters. The fraction of sp³-hybridized carbons (Fsp3) is 0.833. The molecule has 0 fully saturated rings. The molecule has 11 heavy (non-hydrogen) atoms. The third-order valence-corrected chi connectivity index (χ3v) is 2.64. The van der Waals surface area contributed by atoms with Gasteiger partial charge in [-0.2, -0.15) is 0 Å². The lowest BCUT2D eigenvalue weighted by Gasteiger charge is -2.00. The van der Waals surface area contributed by atoms with E-state index in [0.717, 1.165) is 0 Å². The van der Waals surface area contributed by atoms with E-state index in [1.165, 1.54) is 6.92 Å². The first-order chi connectivity index (χ1) is 5.02. The Labute approximate surface area is 66.5 Å². The molecule has 0 N–H and O–H groups in total. The molecule has 0 radical (unpaired) electrons. The minimum atomic E-state index is -3.22. The van der Waals surface area contributed by atoms with Crippen LogP contribution in [0.15, 0.2) is 0 Å². The van der Waals surface area contributed by atoms with E-state index in [1.807, 2.05) is 0 Å². The van der Waals surface area contributed by atoms with Crippen LogP contribution in [-0.2, 0) is 19.4 Å². The van der Waals surface area contributed by atoms with E-state index < -0.39 is 21.6 Å². The van der Waals surface area contributed by atoms with Crippen molar-refractivity contribution in [3.05, 3.63) is 0 Å². The van der Waals surface area contributed by atoms with Gasteiger partial charge >= 0.3 is 5.97 Å². The van der Waals surface area contributed by atoms with Crippen LogP contribution in [0.5, 0.6) is 0 Å². The summed E-state index contributed by atoms with van der Waals surface area (Å²) in [5, 5.41) is 0. The Morgan fingerprint density at radius 3 is 2.27 bits per heavy atom. The van der Waals surface area contributed by atoms with E-state index >= 15 is 0 Å². The van der Waals surface area contributed by atoms with Gasteiger partial charge in [0.1, 0.15) is 5.75 Å². The van der Waals surface area contributed by atoms with Crippen molar-refractivity contribution in [2.45, 2.75) is 13.8 Å². The van der Waals surface area contributed by atoms with E-state index in [-0.39, 0.29) is 12.4 Å². The third-order valence-electron chi connectivity index (χ3n) is 1.08. The van der Waals surface area contributed by atoms with E-state index in [1.54, 1.807) is 6.92 Å². The predicted octanol–water partition coefficient (Wildman–Crippen LogP) is -0.0158. The van der Waals surface area contributed by atoms with Crippen molar-refractivity contribution in [2.24, 2.45) is 0 Å². The molecule has 0 aliphatic carbocycles. The third kappa shape index (κ3) is 4.78. The fourth-order valence-corrected chi connectivity index (χ4v) is 1.13. The lowest BCUT2D eigenvalue weighted by Crippen LogP contribution is -2.19. The number of ether oxygens (including phenoxy) is 1. The van der Waals surface area contributed by atoms with Crippen LogP contribution in [0.3, 0.4) is 0 Å². The molecule has 0 rings (SSSR count). The summed E-state index contributed by atoms with van der Waals surface area (Å²) >= 11 is 0. The molecular formula is C6H12O4S. The topological polar surface area (TPSA) is 60.4 Å². The Hall–Kier alpha value is -0.580. The van der Waals surface area contributed by atoms with Crippen LogP contribution >= 0.6 is 0 Å². The SMILES string of the molecule is CCOC(=O)CS(=O)(=O)CC. The average molecular weight is 180 g/mol. The van der Waals surface area contributed by atoms with Gasteiger partial charge in [0.2, 0.25) is 0 Å². The van der Waals surface area contributed by atoms with Gasteiger partial charge in [0.05, 0.1) is 6.61 Å². The number of carbonyl (C=O) groups excluding carboxylic acids is 1. The molecule has 0 heterocycles. The Balaban J connectivity index is 3.95. The van der Waals surface area contributed by atoms with Gasteiger partial charge in [-0.3, -0.25) is 4.79 Å². The summed E-state index contributed by atoms with van der Waals surface area (Å²) in [6.45, 7) is 3.35. The molecule has 0 aliphatic rings. The molecule has 0 saturated heterocycles. The molecule has 0 bridgehead atoms. The van der Waals surface area contributed by atoms with Gasteiger partial charge in [0.15, 0.2) is 9.84 Å². The zero-order valence-corrected chi connectivity index (χ0v) is 7.48. The van der Waals surface area contributed by atoms with E-state index in [2.05, 4.69) is 4.74 Å². The monoisotopic (exact) mass is 180 g/mol. The number of carbonyl (C=O) groups is 1. The highest BCUT2D eigenvalue weighted by molar-refractivity contribution is 7.92. The molecule has 0 aromatic rings. The second-order valence-corrected chi connectivity index (χ2v) is 4.33. The Kier molecular flexibility index (Phi) is 4.10.